The van der Waals surface area contributed by atoms with Crippen molar-refractivity contribution in [2.45, 2.75) is 64.2 Å². The first-order chi connectivity index (χ1) is 11.8. The standard InChI is InChI=1S/C20H29NO4/c1-12-5-7-16-18(9-12)25-19(11-20(16,3)21-13(2)22)15-10-14(24-4)6-8-17(15)23/h6,8,10,12,16,18-19,23H,5,7,9,11H2,1-4H3,(H,21,22)/t12-,16-,18-,19-,20+/m1/s1. The molecule has 0 aromatic heterocycles. The molecular formula is C20H29NO4. The van der Waals surface area contributed by atoms with Gasteiger partial charge in [0.05, 0.1) is 19.3 Å². The highest BCUT2D eigenvalue weighted by Gasteiger charge is 2.49. The second-order valence-corrected chi connectivity index (χ2v) is 7.92. The number of rotatable bonds is 3. The van der Waals surface area contributed by atoms with Crippen LogP contribution in [-0.4, -0.2) is 29.8 Å². The Labute approximate surface area is 149 Å². The van der Waals surface area contributed by atoms with E-state index in [-0.39, 0.29) is 29.4 Å². The Balaban J connectivity index is 1.95. The molecular weight excluding hydrogens is 318 g/mol. The number of phenols is 1. The highest BCUT2D eigenvalue weighted by molar-refractivity contribution is 5.73. The van der Waals surface area contributed by atoms with E-state index in [9.17, 15) is 9.90 Å². The Morgan fingerprint density at radius 2 is 2.16 bits per heavy atom. The van der Waals surface area contributed by atoms with Gasteiger partial charge in [-0.05, 0) is 43.9 Å². The SMILES string of the molecule is COc1ccc(O)c([C@H]2C[C@](C)(NC(C)=O)[C@@H]3CC[C@@H](C)C[C@H]3O2)c1. The van der Waals surface area contributed by atoms with Crippen molar-refractivity contribution in [2.75, 3.05) is 7.11 Å². The van der Waals surface area contributed by atoms with Gasteiger partial charge in [-0.15, -0.1) is 0 Å². The molecule has 1 saturated carbocycles. The van der Waals surface area contributed by atoms with Crippen molar-refractivity contribution < 1.29 is 19.4 Å². The van der Waals surface area contributed by atoms with Crippen molar-refractivity contribution in [2.24, 2.45) is 11.8 Å². The Morgan fingerprint density at radius 1 is 1.40 bits per heavy atom. The van der Waals surface area contributed by atoms with Gasteiger partial charge in [0.15, 0.2) is 0 Å². The van der Waals surface area contributed by atoms with Crippen LogP contribution in [0.25, 0.3) is 0 Å². The number of nitrogens with one attached hydrogen (secondary N) is 1. The van der Waals surface area contributed by atoms with E-state index in [1.165, 1.54) is 0 Å². The predicted octanol–water partition coefficient (Wildman–Crippen LogP) is 3.56. The van der Waals surface area contributed by atoms with Crippen molar-refractivity contribution >= 4 is 5.91 Å². The van der Waals surface area contributed by atoms with Crippen LogP contribution in [0.1, 0.15) is 58.1 Å². The molecule has 2 N–H and O–H groups in total. The molecule has 1 aliphatic carbocycles. The molecule has 138 valence electrons. The fourth-order valence-corrected chi connectivity index (χ4v) is 4.65. The number of hydrogen-bond donors (Lipinski definition) is 2. The maximum atomic E-state index is 11.8. The first kappa shape index (κ1) is 18.1. The topological polar surface area (TPSA) is 67.8 Å². The van der Waals surface area contributed by atoms with Gasteiger partial charge in [0.2, 0.25) is 5.91 Å². The number of hydrogen-bond acceptors (Lipinski definition) is 4. The van der Waals surface area contributed by atoms with E-state index in [2.05, 4.69) is 19.2 Å². The van der Waals surface area contributed by atoms with Gasteiger partial charge in [-0.2, -0.15) is 0 Å². The number of carbonyl (C=O) groups excluding carboxylic acids is 1. The molecule has 0 unspecified atom stereocenters. The predicted molar refractivity (Wildman–Crippen MR) is 95.6 cm³/mol. The van der Waals surface area contributed by atoms with Crippen LogP contribution < -0.4 is 10.1 Å². The number of methoxy groups -OCH3 is 1. The van der Waals surface area contributed by atoms with Crippen LogP contribution >= 0.6 is 0 Å². The second-order valence-electron chi connectivity index (χ2n) is 7.92. The van der Waals surface area contributed by atoms with Crippen LogP contribution in [0.4, 0.5) is 0 Å². The first-order valence-corrected chi connectivity index (χ1v) is 9.13. The van der Waals surface area contributed by atoms with Gasteiger partial charge in [-0.3, -0.25) is 4.79 Å². The lowest BCUT2D eigenvalue weighted by Crippen LogP contribution is -2.60. The van der Waals surface area contributed by atoms with Crippen molar-refractivity contribution in [1.29, 1.82) is 0 Å². The number of amides is 1. The maximum Gasteiger partial charge on any atom is 0.217 e. The summed E-state index contributed by atoms with van der Waals surface area (Å²) in [6, 6.07) is 5.21. The lowest BCUT2D eigenvalue weighted by Gasteiger charge is -2.52. The summed E-state index contributed by atoms with van der Waals surface area (Å²) >= 11 is 0. The molecule has 1 amide bonds. The summed E-state index contributed by atoms with van der Waals surface area (Å²) < 4.78 is 11.7. The zero-order valence-corrected chi connectivity index (χ0v) is 15.5. The maximum absolute atomic E-state index is 11.8. The number of phenolic OH excluding ortho intramolecular Hbond substituents is 1. The van der Waals surface area contributed by atoms with E-state index in [0.717, 1.165) is 24.8 Å². The van der Waals surface area contributed by atoms with Gasteiger partial charge < -0.3 is 19.9 Å². The minimum atomic E-state index is -0.338. The molecule has 1 aliphatic heterocycles. The van der Waals surface area contributed by atoms with Crippen molar-refractivity contribution in [3.05, 3.63) is 23.8 Å². The first-order valence-electron chi connectivity index (χ1n) is 9.13. The van der Waals surface area contributed by atoms with Crippen LogP contribution in [0.2, 0.25) is 0 Å². The molecule has 0 bridgehead atoms. The third-order valence-electron chi connectivity index (χ3n) is 5.86. The number of ether oxygens (including phenoxy) is 2. The Kier molecular flexibility index (Phi) is 4.96. The summed E-state index contributed by atoms with van der Waals surface area (Å²) in [5.41, 5.74) is 0.391. The summed E-state index contributed by atoms with van der Waals surface area (Å²) in [4.78, 5) is 11.8. The quantitative estimate of drug-likeness (QED) is 0.877. The monoisotopic (exact) mass is 347 g/mol. The van der Waals surface area contributed by atoms with Gasteiger partial charge in [0.1, 0.15) is 11.5 Å². The summed E-state index contributed by atoms with van der Waals surface area (Å²) in [5.74, 6) is 1.79. The smallest absolute Gasteiger partial charge is 0.217 e. The second kappa shape index (κ2) is 6.87. The van der Waals surface area contributed by atoms with E-state index in [0.29, 0.717) is 24.0 Å². The molecule has 5 heteroatoms. The number of aromatic hydroxyl groups is 1. The van der Waals surface area contributed by atoms with E-state index in [4.69, 9.17) is 9.47 Å². The van der Waals surface area contributed by atoms with Gasteiger partial charge >= 0.3 is 0 Å². The normalized spacial score (nSPS) is 34.9. The van der Waals surface area contributed by atoms with Crippen LogP contribution in [-0.2, 0) is 9.53 Å². The molecule has 25 heavy (non-hydrogen) atoms. The van der Waals surface area contributed by atoms with E-state index in [1.54, 1.807) is 26.2 Å². The molecule has 0 radical (unpaired) electrons. The molecule has 3 rings (SSSR count). The zero-order chi connectivity index (χ0) is 18.2. The fraction of sp³-hybridized carbons (Fsp3) is 0.650. The van der Waals surface area contributed by atoms with Crippen molar-refractivity contribution in [1.82, 2.24) is 5.32 Å². The molecule has 5 nitrogen and oxygen atoms in total. The van der Waals surface area contributed by atoms with Crippen LogP contribution in [0, 0.1) is 11.8 Å². The fourth-order valence-electron chi connectivity index (χ4n) is 4.65. The third kappa shape index (κ3) is 3.61. The lowest BCUT2D eigenvalue weighted by atomic mass is 9.66. The summed E-state index contributed by atoms with van der Waals surface area (Å²) in [6.45, 7) is 5.94. The van der Waals surface area contributed by atoms with Gasteiger partial charge in [-0.25, -0.2) is 0 Å². The molecule has 2 aliphatic rings. The molecule has 1 aromatic carbocycles. The minimum absolute atomic E-state index is 0.0182. The van der Waals surface area contributed by atoms with E-state index < -0.39 is 0 Å². The molecule has 1 saturated heterocycles. The largest absolute Gasteiger partial charge is 0.508 e. The van der Waals surface area contributed by atoms with Gasteiger partial charge in [0, 0.05) is 30.4 Å². The highest BCUT2D eigenvalue weighted by Crippen LogP contribution is 2.49. The van der Waals surface area contributed by atoms with Crippen molar-refractivity contribution in [3.8, 4) is 11.5 Å². The number of carbonyl (C=O) groups is 1. The minimum Gasteiger partial charge on any atom is -0.508 e. The highest BCUT2D eigenvalue weighted by atomic mass is 16.5. The average Bonchev–Trinajstić information content (AvgIpc) is 2.53. The molecule has 1 heterocycles. The Bertz CT molecular complexity index is 647. The summed E-state index contributed by atoms with van der Waals surface area (Å²) in [5, 5.41) is 13.5. The van der Waals surface area contributed by atoms with Crippen LogP contribution in [0.3, 0.4) is 0 Å². The Hall–Kier alpha value is -1.75. The van der Waals surface area contributed by atoms with E-state index in [1.807, 2.05) is 6.07 Å². The molecule has 0 spiro atoms. The molecule has 1 aromatic rings. The third-order valence-corrected chi connectivity index (χ3v) is 5.86. The average molecular weight is 347 g/mol. The Morgan fingerprint density at radius 3 is 2.84 bits per heavy atom. The summed E-state index contributed by atoms with van der Waals surface area (Å²) in [6.07, 6.45) is 3.67. The van der Waals surface area contributed by atoms with Crippen LogP contribution in [0.5, 0.6) is 11.5 Å². The van der Waals surface area contributed by atoms with Crippen molar-refractivity contribution in [3.63, 3.8) is 0 Å². The number of fused-ring (bicyclic) bond motifs is 1. The lowest BCUT2D eigenvalue weighted by molar-refractivity contribution is -0.153. The molecule has 5 atom stereocenters. The van der Waals surface area contributed by atoms with Crippen LogP contribution in [0.15, 0.2) is 18.2 Å². The van der Waals surface area contributed by atoms with E-state index >= 15 is 0 Å². The zero-order valence-electron chi connectivity index (χ0n) is 15.5. The van der Waals surface area contributed by atoms with Gasteiger partial charge in [0.25, 0.3) is 0 Å². The summed E-state index contributed by atoms with van der Waals surface area (Å²) in [7, 11) is 1.61. The molecule has 2 fully saturated rings. The number of benzene rings is 1. The van der Waals surface area contributed by atoms with Gasteiger partial charge in [-0.1, -0.05) is 13.3 Å².